The van der Waals surface area contributed by atoms with Crippen molar-refractivity contribution in [3.05, 3.63) is 35.9 Å². The van der Waals surface area contributed by atoms with Crippen molar-refractivity contribution in [2.75, 3.05) is 34.4 Å². The fourth-order valence-electron chi connectivity index (χ4n) is 1.53. The summed E-state index contributed by atoms with van der Waals surface area (Å²) in [6.45, 7) is 1.46. The summed E-state index contributed by atoms with van der Waals surface area (Å²) in [5.41, 5.74) is 0.940. The van der Waals surface area contributed by atoms with Crippen LogP contribution >= 0.6 is 0 Å². The van der Waals surface area contributed by atoms with Crippen molar-refractivity contribution in [3.8, 4) is 5.75 Å². The summed E-state index contributed by atoms with van der Waals surface area (Å²) < 4.78 is 10.2. The molecule has 1 aromatic rings. The molecule has 1 N–H and O–H groups in total. The second kappa shape index (κ2) is 8.32. The van der Waals surface area contributed by atoms with Gasteiger partial charge in [-0.3, -0.25) is 0 Å². The number of carbonyl (C=O) groups excluding carboxylic acids is 1. The van der Waals surface area contributed by atoms with Crippen LogP contribution in [0.15, 0.2) is 30.3 Å². The minimum Gasteiger partial charge on any atom is -0.497 e. The van der Waals surface area contributed by atoms with Gasteiger partial charge >= 0.3 is 5.97 Å². The molecule has 0 heterocycles. The highest BCUT2D eigenvalue weighted by Gasteiger charge is 1.99. The molecule has 19 heavy (non-hydrogen) atoms. The van der Waals surface area contributed by atoms with Gasteiger partial charge in [0, 0.05) is 12.5 Å². The zero-order valence-electron chi connectivity index (χ0n) is 11.8. The van der Waals surface area contributed by atoms with Crippen LogP contribution in [0.25, 0.3) is 6.08 Å². The Bertz CT molecular complexity index is 410. The fraction of sp³-hybridized carbons (Fsp3) is 0.400. The molecule has 104 valence electrons. The highest BCUT2D eigenvalue weighted by Crippen LogP contribution is 2.12. The van der Waals surface area contributed by atoms with Crippen LogP contribution in [0, 0.1) is 0 Å². The Morgan fingerprint density at radius 3 is 2.53 bits per heavy atom. The first kappa shape index (κ1) is 15.2. The zero-order valence-corrected chi connectivity index (χ0v) is 11.8. The van der Waals surface area contributed by atoms with E-state index in [1.54, 1.807) is 13.2 Å². The van der Waals surface area contributed by atoms with E-state index in [9.17, 15) is 4.79 Å². The molecule has 4 heteroatoms. The Kier molecular flexibility index (Phi) is 6.68. The zero-order chi connectivity index (χ0) is 14.1. The molecule has 0 radical (unpaired) electrons. The van der Waals surface area contributed by atoms with E-state index in [0.717, 1.165) is 24.3 Å². The molecular weight excluding hydrogens is 242 g/mol. The summed E-state index contributed by atoms with van der Waals surface area (Å²) >= 11 is 0. The number of ether oxygens (including phenoxy) is 2. The Labute approximate surface area is 114 Å². The van der Waals surface area contributed by atoms with Crippen LogP contribution in [-0.4, -0.2) is 40.3 Å². The van der Waals surface area contributed by atoms with E-state index in [4.69, 9.17) is 9.47 Å². The molecule has 0 saturated carbocycles. The van der Waals surface area contributed by atoms with Gasteiger partial charge in [0.15, 0.2) is 0 Å². The Balaban J connectivity index is 2.32. The van der Waals surface area contributed by atoms with Gasteiger partial charge < -0.3 is 14.4 Å². The molecule has 0 aliphatic rings. The number of hydrogen-bond acceptors (Lipinski definition) is 3. The molecule has 0 aliphatic carbocycles. The van der Waals surface area contributed by atoms with Gasteiger partial charge in [0.2, 0.25) is 0 Å². The van der Waals surface area contributed by atoms with Gasteiger partial charge in [-0.15, -0.1) is 0 Å². The summed E-state index contributed by atoms with van der Waals surface area (Å²) in [5, 5.41) is 0. The van der Waals surface area contributed by atoms with Crippen LogP contribution < -0.4 is 9.64 Å². The van der Waals surface area contributed by atoms with Gasteiger partial charge in [0.05, 0.1) is 34.4 Å². The molecule has 1 rings (SSSR count). The van der Waals surface area contributed by atoms with Crippen LogP contribution in [0.3, 0.4) is 0 Å². The van der Waals surface area contributed by atoms with Crippen LogP contribution in [-0.2, 0) is 9.53 Å². The van der Waals surface area contributed by atoms with Crippen molar-refractivity contribution in [1.82, 2.24) is 0 Å². The maximum Gasteiger partial charge on any atom is 0.330 e. The molecule has 0 aromatic heterocycles. The summed E-state index contributed by atoms with van der Waals surface area (Å²) in [7, 11) is 5.77. The van der Waals surface area contributed by atoms with Crippen LogP contribution in [0.2, 0.25) is 0 Å². The third-order valence-electron chi connectivity index (χ3n) is 2.59. The number of rotatable bonds is 7. The van der Waals surface area contributed by atoms with Gasteiger partial charge in [0.1, 0.15) is 5.75 Å². The van der Waals surface area contributed by atoms with Crippen molar-refractivity contribution >= 4 is 12.0 Å². The van der Waals surface area contributed by atoms with Gasteiger partial charge in [-0.2, -0.15) is 0 Å². The summed E-state index contributed by atoms with van der Waals surface area (Å²) in [4.78, 5) is 12.8. The summed E-state index contributed by atoms with van der Waals surface area (Å²) in [5.74, 6) is 0.496. The molecule has 0 spiro atoms. The summed E-state index contributed by atoms with van der Waals surface area (Å²) in [6.07, 6.45) is 4.06. The van der Waals surface area contributed by atoms with Gasteiger partial charge in [-0.05, 0) is 23.8 Å². The first-order valence-corrected chi connectivity index (χ1v) is 6.39. The molecule has 1 aromatic carbocycles. The second-order valence-electron chi connectivity index (χ2n) is 4.58. The number of methoxy groups -OCH3 is 1. The Hall–Kier alpha value is -1.81. The third-order valence-corrected chi connectivity index (χ3v) is 2.59. The molecule has 0 bridgehead atoms. The van der Waals surface area contributed by atoms with Crippen molar-refractivity contribution in [2.45, 2.75) is 6.42 Å². The third kappa shape index (κ3) is 6.62. The van der Waals surface area contributed by atoms with E-state index in [1.165, 1.54) is 11.0 Å². The highest BCUT2D eigenvalue weighted by atomic mass is 16.5. The maximum absolute atomic E-state index is 11.4. The predicted molar refractivity (Wildman–Crippen MR) is 75.3 cm³/mol. The van der Waals surface area contributed by atoms with E-state index in [1.807, 2.05) is 24.3 Å². The molecule has 0 fully saturated rings. The molecular formula is C15H22NO3+. The van der Waals surface area contributed by atoms with E-state index in [0.29, 0.717) is 6.61 Å². The van der Waals surface area contributed by atoms with Gasteiger partial charge in [-0.1, -0.05) is 12.1 Å². The SMILES string of the molecule is COc1ccc(/C=C/C(=O)OCCC[NH+](C)C)cc1. The standard InChI is InChI=1S/C15H21NO3/c1-16(2)11-4-12-19-15(17)10-7-13-5-8-14(18-3)9-6-13/h5-10H,4,11-12H2,1-3H3/p+1/b10-7+. The molecule has 4 nitrogen and oxygen atoms in total. The molecule has 0 atom stereocenters. The normalized spacial score (nSPS) is 10.9. The lowest BCUT2D eigenvalue weighted by Crippen LogP contribution is -3.05. The highest BCUT2D eigenvalue weighted by molar-refractivity contribution is 5.87. The fourth-order valence-corrected chi connectivity index (χ4v) is 1.53. The maximum atomic E-state index is 11.4. The number of benzene rings is 1. The first-order valence-electron chi connectivity index (χ1n) is 6.39. The average molecular weight is 264 g/mol. The van der Waals surface area contributed by atoms with Crippen molar-refractivity contribution < 1.29 is 19.2 Å². The summed E-state index contributed by atoms with van der Waals surface area (Å²) in [6, 6.07) is 7.48. The minimum atomic E-state index is -0.301. The number of nitrogens with one attached hydrogen (secondary N) is 1. The van der Waals surface area contributed by atoms with Gasteiger partial charge in [-0.25, -0.2) is 4.79 Å². The second-order valence-corrected chi connectivity index (χ2v) is 4.58. The molecule has 0 unspecified atom stereocenters. The smallest absolute Gasteiger partial charge is 0.330 e. The number of quaternary nitrogens is 1. The molecule has 0 aliphatic heterocycles. The minimum absolute atomic E-state index is 0.301. The van der Waals surface area contributed by atoms with E-state index >= 15 is 0 Å². The van der Waals surface area contributed by atoms with Crippen molar-refractivity contribution in [1.29, 1.82) is 0 Å². The number of esters is 1. The lowest BCUT2D eigenvalue weighted by molar-refractivity contribution is -0.858. The topological polar surface area (TPSA) is 40.0 Å². The Morgan fingerprint density at radius 1 is 1.26 bits per heavy atom. The Morgan fingerprint density at radius 2 is 1.95 bits per heavy atom. The van der Waals surface area contributed by atoms with E-state index in [-0.39, 0.29) is 5.97 Å². The lowest BCUT2D eigenvalue weighted by Gasteiger charge is -2.06. The quantitative estimate of drug-likeness (QED) is 0.449. The molecule has 0 amide bonds. The number of carbonyl (C=O) groups is 1. The van der Waals surface area contributed by atoms with Crippen molar-refractivity contribution in [2.24, 2.45) is 0 Å². The predicted octanol–water partition coefficient (Wildman–Crippen LogP) is 0.786. The van der Waals surface area contributed by atoms with E-state index < -0.39 is 0 Å². The van der Waals surface area contributed by atoms with E-state index in [2.05, 4.69) is 14.1 Å². The van der Waals surface area contributed by atoms with Crippen LogP contribution in [0.4, 0.5) is 0 Å². The average Bonchev–Trinajstić information content (AvgIpc) is 2.41. The molecule has 0 saturated heterocycles. The van der Waals surface area contributed by atoms with Crippen molar-refractivity contribution in [3.63, 3.8) is 0 Å². The first-order chi connectivity index (χ1) is 9.11. The largest absolute Gasteiger partial charge is 0.497 e. The monoisotopic (exact) mass is 264 g/mol. The van der Waals surface area contributed by atoms with Crippen LogP contribution in [0.5, 0.6) is 5.75 Å². The lowest BCUT2D eigenvalue weighted by atomic mass is 10.2. The number of hydrogen-bond donors (Lipinski definition) is 1. The van der Waals surface area contributed by atoms with Gasteiger partial charge in [0.25, 0.3) is 0 Å². The van der Waals surface area contributed by atoms with Crippen LogP contribution in [0.1, 0.15) is 12.0 Å².